The van der Waals surface area contributed by atoms with Crippen molar-refractivity contribution in [3.8, 4) is 0 Å². The fourth-order valence-electron chi connectivity index (χ4n) is 2.43. The Morgan fingerprint density at radius 3 is 2.86 bits per heavy atom. The van der Waals surface area contributed by atoms with E-state index in [1.807, 2.05) is 44.2 Å². The molecule has 1 aliphatic rings. The Kier molecular flexibility index (Phi) is 5.77. The summed E-state index contributed by atoms with van der Waals surface area (Å²) in [6.45, 7) is 4.39. The fraction of sp³-hybridized carbons (Fsp3) is 0.500. The van der Waals surface area contributed by atoms with Crippen LogP contribution in [-0.2, 0) is 14.3 Å². The van der Waals surface area contributed by atoms with E-state index < -0.39 is 6.04 Å². The van der Waals surface area contributed by atoms with Crippen LogP contribution in [0.15, 0.2) is 30.3 Å². The molecule has 2 amide bonds. The number of rotatable bonds is 6. The summed E-state index contributed by atoms with van der Waals surface area (Å²) in [5.74, 6) is -0.459. The number of nitrogens with zero attached hydrogens (tertiary/aromatic N) is 1. The average Bonchev–Trinajstić information content (AvgIpc) is 2.54. The van der Waals surface area contributed by atoms with Crippen molar-refractivity contribution in [1.29, 1.82) is 0 Å². The quantitative estimate of drug-likeness (QED) is 0.791. The molecule has 1 aromatic carbocycles. The zero-order valence-electron chi connectivity index (χ0n) is 13.0. The van der Waals surface area contributed by atoms with E-state index in [1.165, 1.54) is 4.90 Å². The normalized spacial score (nSPS) is 19.6. The van der Waals surface area contributed by atoms with Gasteiger partial charge in [-0.2, -0.15) is 0 Å². The van der Waals surface area contributed by atoms with Gasteiger partial charge in [0.15, 0.2) is 0 Å². The van der Waals surface area contributed by atoms with E-state index in [1.54, 1.807) is 0 Å². The van der Waals surface area contributed by atoms with Crippen LogP contribution in [0.5, 0.6) is 0 Å². The lowest BCUT2D eigenvalue weighted by molar-refractivity contribution is -0.161. The lowest BCUT2D eigenvalue weighted by Gasteiger charge is -2.36. The molecule has 22 heavy (non-hydrogen) atoms. The van der Waals surface area contributed by atoms with Crippen LogP contribution in [0.3, 0.4) is 0 Å². The molecule has 0 bridgehead atoms. The summed E-state index contributed by atoms with van der Waals surface area (Å²) in [4.78, 5) is 26.2. The first-order valence-corrected chi connectivity index (χ1v) is 7.62. The van der Waals surface area contributed by atoms with Crippen molar-refractivity contribution in [1.82, 2.24) is 10.3 Å². The summed E-state index contributed by atoms with van der Waals surface area (Å²) >= 11 is 0. The van der Waals surface area contributed by atoms with Crippen molar-refractivity contribution in [2.24, 2.45) is 5.92 Å². The molecule has 0 aromatic heterocycles. The molecule has 2 atom stereocenters. The molecule has 1 heterocycles. The topological polar surface area (TPSA) is 70.7 Å². The highest BCUT2D eigenvalue weighted by molar-refractivity contribution is 5.89. The molecule has 1 aromatic rings. The van der Waals surface area contributed by atoms with Gasteiger partial charge in [0.1, 0.15) is 12.8 Å². The lowest BCUT2D eigenvalue weighted by atomic mass is 10.1. The van der Waals surface area contributed by atoms with Gasteiger partial charge in [0.25, 0.3) is 5.91 Å². The summed E-state index contributed by atoms with van der Waals surface area (Å²) in [5, 5.41) is 0. The molecule has 0 saturated carbocycles. The van der Waals surface area contributed by atoms with E-state index in [-0.39, 0.29) is 27.3 Å². The molecule has 0 spiro atoms. The minimum atomic E-state index is -0.517. The number of carbonyl (C=O) groups excluding carboxylic acids is 2. The van der Waals surface area contributed by atoms with Crippen LogP contribution in [0.25, 0.3) is 0 Å². The summed E-state index contributed by atoms with van der Waals surface area (Å²) in [6.07, 6.45) is 1.41. The highest BCUT2D eigenvalue weighted by Gasteiger charge is 2.34. The maximum atomic E-state index is 12.4. The average molecular weight is 309 g/mol. The van der Waals surface area contributed by atoms with E-state index in [2.05, 4.69) is 10.9 Å². The Balaban J connectivity index is 0.00000264. The van der Waals surface area contributed by atoms with E-state index in [9.17, 15) is 9.59 Å². The molecule has 0 radical (unpaired) electrons. The first kappa shape index (κ1) is 16.3. The van der Waals surface area contributed by atoms with E-state index in [4.69, 9.17) is 4.74 Å². The predicted octanol–water partition coefficient (Wildman–Crippen LogP) is 2.24. The van der Waals surface area contributed by atoms with Crippen molar-refractivity contribution in [2.45, 2.75) is 32.7 Å². The Labute approximate surface area is 133 Å². The van der Waals surface area contributed by atoms with Crippen LogP contribution < -0.4 is 10.9 Å². The Morgan fingerprint density at radius 2 is 2.18 bits per heavy atom. The number of para-hydroxylation sites is 1. The largest absolute Gasteiger partial charge is 0.360 e. The minimum absolute atomic E-state index is 0. The summed E-state index contributed by atoms with van der Waals surface area (Å²) < 4.78 is 5.41. The minimum Gasteiger partial charge on any atom is -0.360 e. The molecule has 1 saturated heterocycles. The first-order chi connectivity index (χ1) is 10.6. The first-order valence-electron chi connectivity index (χ1n) is 7.62. The van der Waals surface area contributed by atoms with Gasteiger partial charge in [-0.1, -0.05) is 38.5 Å². The lowest BCUT2D eigenvalue weighted by Crippen LogP contribution is -2.55. The molecular formula is C16H27N3O3. The van der Waals surface area contributed by atoms with Gasteiger partial charge < -0.3 is 9.64 Å². The maximum absolute atomic E-state index is 12.4. The number of nitrogens with one attached hydrogen (secondary N) is 2. The molecule has 6 heteroatoms. The molecule has 1 aliphatic heterocycles. The monoisotopic (exact) mass is 309 g/mol. The van der Waals surface area contributed by atoms with Crippen molar-refractivity contribution in [3.63, 3.8) is 0 Å². The second-order valence-corrected chi connectivity index (χ2v) is 5.49. The third-order valence-corrected chi connectivity index (χ3v) is 3.65. The van der Waals surface area contributed by atoms with Gasteiger partial charge in [0, 0.05) is 2.85 Å². The molecule has 2 N–H and O–H groups in total. The van der Waals surface area contributed by atoms with Crippen LogP contribution in [0.2, 0.25) is 0 Å². The maximum Gasteiger partial charge on any atom is 0.261 e. The van der Waals surface area contributed by atoms with Crippen LogP contribution in [0, 0.1) is 5.92 Å². The number of carbonyl (C=O) groups is 2. The Morgan fingerprint density at radius 1 is 1.45 bits per heavy atom. The third kappa shape index (κ3) is 3.98. The molecule has 0 aliphatic carbocycles. The smallest absolute Gasteiger partial charge is 0.261 e. The molecule has 1 unspecified atom stereocenters. The SMILES string of the molecule is CCC[C@@H](C(=O)NNc1ccccc1)N1COCC(C)C1=O.[HH].[HH]. The van der Waals surface area contributed by atoms with E-state index in [0.29, 0.717) is 13.0 Å². The Hall–Kier alpha value is -2.08. The van der Waals surface area contributed by atoms with Crippen molar-refractivity contribution >= 4 is 17.5 Å². The van der Waals surface area contributed by atoms with Gasteiger partial charge in [-0.15, -0.1) is 0 Å². The summed E-state index contributed by atoms with van der Waals surface area (Å²) in [7, 11) is 0. The summed E-state index contributed by atoms with van der Waals surface area (Å²) in [5.41, 5.74) is 6.34. The fourth-order valence-corrected chi connectivity index (χ4v) is 2.43. The van der Waals surface area contributed by atoms with Gasteiger partial charge in [-0.05, 0) is 18.6 Å². The van der Waals surface area contributed by atoms with Crippen LogP contribution in [0.4, 0.5) is 5.69 Å². The number of hydrogen-bond acceptors (Lipinski definition) is 4. The van der Waals surface area contributed by atoms with E-state index >= 15 is 0 Å². The van der Waals surface area contributed by atoms with Gasteiger partial charge in [-0.25, -0.2) is 0 Å². The van der Waals surface area contributed by atoms with Gasteiger partial charge in [0.05, 0.1) is 18.2 Å². The Bertz CT molecular complexity index is 517. The number of hydrogen-bond donors (Lipinski definition) is 2. The second kappa shape index (κ2) is 7.79. The summed E-state index contributed by atoms with van der Waals surface area (Å²) in [6, 6.07) is 8.84. The van der Waals surface area contributed by atoms with Crippen LogP contribution in [-0.4, -0.2) is 36.1 Å². The molecule has 1 fully saturated rings. The number of hydrazine groups is 1. The number of ether oxygens (including phenoxy) is 1. The van der Waals surface area contributed by atoms with Crippen molar-refractivity contribution in [2.75, 3.05) is 18.8 Å². The second-order valence-electron chi connectivity index (χ2n) is 5.49. The van der Waals surface area contributed by atoms with E-state index in [0.717, 1.165) is 12.1 Å². The number of benzene rings is 1. The zero-order chi connectivity index (χ0) is 15.9. The number of amides is 2. The highest BCUT2D eigenvalue weighted by Crippen LogP contribution is 2.17. The molecular weight excluding hydrogens is 282 g/mol. The van der Waals surface area contributed by atoms with Gasteiger partial charge >= 0.3 is 0 Å². The molecule has 124 valence electrons. The standard InChI is InChI=1S/C16H23N3O3.2H2/c1-3-7-14(19-11-22-10-12(2)16(19)21)15(20)18-17-13-8-5-4-6-9-13;;/h4-6,8-9,12,14,17H,3,7,10-11H2,1-2H3,(H,18,20);2*1H/t12?,14-;;/m0../s1. The van der Waals surface area contributed by atoms with Crippen LogP contribution >= 0.6 is 0 Å². The zero-order valence-corrected chi connectivity index (χ0v) is 13.0. The molecule has 2 rings (SSSR count). The van der Waals surface area contributed by atoms with Gasteiger partial charge in [-0.3, -0.25) is 20.4 Å². The van der Waals surface area contributed by atoms with Crippen LogP contribution in [0.1, 0.15) is 29.5 Å². The molecule has 6 nitrogen and oxygen atoms in total. The third-order valence-electron chi connectivity index (χ3n) is 3.65. The predicted molar refractivity (Wildman–Crippen MR) is 88.0 cm³/mol. The van der Waals surface area contributed by atoms with Crippen molar-refractivity contribution < 1.29 is 17.2 Å². The van der Waals surface area contributed by atoms with Crippen molar-refractivity contribution in [3.05, 3.63) is 30.3 Å². The number of anilines is 1. The highest BCUT2D eigenvalue weighted by atomic mass is 16.5. The van der Waals surface area contributed by atoms with Gasteiger partial charge in [0.2, 0.25) is 5.91 Å².